The Bertz CT molecular complexity index is 975. The number of benzene rings is 2. The molecular formula is C22H22FN3O2S. The van der Waals surface area contributed by atoms with E-state index < -0.39 is 6.10 Å². The third-order valence-corrected chi connectivity index (χ3v) is 5.78. The number of halogens is 1. The van der Waals surface area contributed by atoms with Crippen molar-refractivity contribution in [1.82, 2.24) is 9.88 Å². The van der Waals surface area contributed by atoms with E-state index in [4.69, 9.17) is 4.74 Å². The van der Waals surface area contributed by atoms with Gasteiger partial charge >= 0.3 is 0 Å². The highest BCUT2D eigenvalue weighted by atomic mass is 32.1. The van der Waals surface area contributed by atoms with Crippen LogP contribution >= 0.6 is 11.3 Å². The molecule has 5 nitrogen and oxygen atoms in total. The zero-order valence-electron chi connectivity index (χ0n) is 16.1. The monoisotopic (exact) mass is 411 g/mol. The van der Waals surface area contributed by atoms with E-state index in [2.05, 4.69) is 39.5 Å². The Hall–Kier alpha value is -2.77. The van der Waals surface area contributed by atoms with E-state index in [1.807, 2.05) is 6.07 Å². The van der Waals surface area contributed by atoms with Crippen LogP contribution in [-0.2, 0) is 24.3 Å². The average Bonchev–Trinajstić information content (AvgIpc) is 3.12. The van der Waals surface area contributed by atoms with Crippen molar-refractivity contribution in [3.05, 3.63) is 76.5 Å². The second-order valence-electron chi connectivity index (χ2n) is 7.04. The van der Waals surface area contributed by atoms with Crippen molar-refractivity contribution in [3.63, 3.8) is 0 Å². The molecule has 2 aromatic carbocycles. The highest BCUT2D eigenvalue weighted by Gasteiger charge is 2.23. The number of rotatable bonds is 6. The van der Waals surface area contributed by atoms with Crippen LogP contribution in [0.15, 0.2) is 54.6 Å². The molecule has 1 unspecified atom stereocenters. The minimum absolute atomic E-state index is 0.276. The predicted octanol–water partition coefficient (Wildman–Crippen LogP) is 4.25. The maximum atomic E-state index is 13.0. The molecule has 29 heavy (non-hydrogen) atoms. The lowest BCUT2D eigenvalue weighted by Crippen LogP contribution is -2.30. The molecule has 0 fully saturated rings. The molecule has 1 aromatic heterocycles. The van der Waals surface area contributed by atoms with Gasteiger partial charge in [0.15, 0.2) is 11.2 Å². The lowest BCUT2D eigenvalue weighted by Gasteiger charge is -2.25. The predicted molar refractivity (Wildman–Crippen MR) is 111 cm³/mol. The fraction of sp³-hybridized carbons (Fsp3) is 0.273. The smallest absolute Gasteiger partial charge is 0.266 e. The molecule has 1 N–H and O–H groups in total. The molecule has 1 aliphatic heterocycles. The van der Waals surface area contributed by atoms with Crippen molar-refractivity contribution in [1.29, 1.82) is 0 Å². The molecule has 1 amide bonds. The minimum Gasteiger partial charge on any atom is -0.481 e. The Labute approximate surface area is 173 Å². The topological polar surface area (TPSA) is 54.5 Å². The zero-order valence-corrected chi connectivity index (χ0v) is 16.9. The maximum absolute atomic E-state index is 13.0. The molecule has 0 radical (unpaired) electrons. The number of nitrogens with zero attached hydrogens (tertiary/aromatic N) is 2. The Morgan fingerprint density at radius 3 is 2.76 bits per heavy atom. The first-order valence-electron chi connectivity index (χ1n) is 9.55. The summed E-state index contributed by atoms with van der Waals surface area (Å²) >= 11 is 1.51. The second kappa shape index (κ2) is 8.71. The van der Waals surface area contributed by atoms with Crippen molar-refractivity contribution >= 4 is 22.4 Å². The normalized spacial score (nSPS) is 14.8. The van der Waals surface area contributed by atoms with Crippen LogP contribution in [0.25, 0.3) is 0 Å². The summed E-state index contributed by atoms with van der Waals surface area (Å²) in [6, 6.07) is 16.0. The van der Waals surface area contributed by atoms with Crippen molar-refractivity contribution in [2.75, 3.05) is 11.9 Å². The van der Waals surface area contributed by atoms with Crippen LogP contribution in [0.3, 0.4) is 0 Å². The van der Waals surface area contributed by atoms with E-state index in [1.54, 1.807) is 6.92 Å². The maximum Gasteiger partial charge on any atom is 0.266 e. The van der Waals surface area contributed by atoms with Crippen LogP contribution in [0.4, 0.5) is 9.52 Å². The van der Waals surface area contributed by atoms with Gasteiger partial charge in [-0.15, -0.1) is 11.3 Å². The van der Waals surface area contributed by atoms with Gasteiger partial charge in [0.25, 0.3) is 5.91 Å². The molecule has 0 bridgehead atoms. The molecule has 1 atom stereocenters. The van der Waals surface area contributed by atoms with Gasteiger partial charge in [0.05, 0.1) is 5.69 Å². The molecule has 0 saturated carbocycles. The van der Waals surface area contributed by atoms with Crippen molar-refractivity contribution in [2.45, 2.75) is 32.5 Å². The molecule has 3 aromatic rings. The van der Waals surface area contributed by atoms with Gasteiger partial charge in [0.2, 0.25) is 0 Å². The molecule has 150 valence electrons. The summed E-state index contributed by atoms with van der Waals surface area (Å²) in [7, 11) is 0. The fourth-order valence-corrected chi connectivity index (χ4v) is 4.31. The van der Waals surface area contributed by atoms with Gasteiger partial charge in [-0.2, -0.15) is 0 Å². The van der Waals surface area contributed by atoms with Gasteiger partial charge in [-0.25, -0.2) is 9.37 Å². The number of aromatic nitrogens is 1. The second-order valence-corrected chi connectivity index (χ2v) is 8.12. The summed E-state index contributed by atoms with van der Waals surface area (Å²) in [6.45, 7) is 4.35. The van der Waals surface area contributed by atoms with E-state index in [-0.39, 0.29) is 11.7 Å². The zero-order chi connectivity index (χ0) is 20.2. The van der Waals surface area contributed by atoms with Gasteiger partial charge in [-0.1, -0.05) is 30.3 Å². The van der Waals surface area contributed by atoms with Gasteiger partial charge in [0, 0.05) is 30.9 Å². The standard InChI is InChI=1S/C22H22FN3O2S/c1-15(28-18-9-7-17(23)8-10-18)21(27)25-22-24-19-11-12-26(14-20(19)29-22)13-16-5-3-2-4-6-16/h2-10,15H,11-14H2,1H3,(H,24,25,27). The number of amides is 1. The number of nitrogens with one attached hydrogen (secondary N) is 1. The average molecular weight is 412 g/mol. The van der Waals surface area contributed by atoms with Crippen LogP contribution in [0.5, 0.6) is 5.75 Å². The number of anilines is 1. The largest absolute Gasteiger partial charge is 0.481 e. The number of thiazole rings is 1. The first-order chi connectivity index (χ1) is 14.1. The summed E-state index contributed by atoms with van der Waals surface area (Å²) in [5.41, 5.74) is 2.35. The van der Waals surface area contributed by atoms with Crippen LogP contribution in [0.2, 0.25) is 0 Å². The number of carbonyl (C=O) groups excluding carboxylic acids is 1. The number of ether oxygens (including phenoxy) is 1. The van der Waals surface area contributed by atoms with Gasteiger partial charge in [0.1, 0.15) is 11.6 Å². The van der Waals surface area contributed by atoms with Crippen LogP contribution in [0, 0.1) is 5.82 Å². The first kappa shape index (κ1) is 19.5. The van der Waals surface area contributed by atoms with Crippen molar-refractivity contribution < 1.29 is 13.9 Å². The molecule has 7 heteroatoms. The SMILES string of the molecule is CC(Oc1ccc(F)cc1)C(=O)Nc1nc2c(s1)CN(Cc1ccccc1)CC2. The number of carbonyl (C=O) groups is 1. The molecule has 4 rings (SSSR count). The summed E-state index contributed by atoms with van der Waals surface area (Å²) in [6.07, 6.45) is 0.159. The highest BCUT2D eigenvalue weighted by Crippen LogP contribution is 2.29. The Morgan fingerprint density at radius 2 is 2.00 bits per heavy atom. The van der Waals surface area contributed by atoms with E-state index in [9.17, 15) is 9.18 Å². The van der Waals surface area contributed by atoms with Gasteiger partial charge in [-0.05, 0) is 36.8 Å². The number of fused-ring (bicyclic) bond motifs is 1. The van der Waals surface area contributed by atoms with E-state index in [0.29, 0.717) is 10.9 Å². The van der Waals surface area contributed by atoms with E-state index in [0.717, 1.165) is 31.7 Å². The van der Waals surface area contributed by atoms with Crippen LogP contribution in [-0.4, -0.2) is 28.4 Å². The molecular weight excluding hydrogens is 389 g/mol. The fourth-order valence-electron chi connectivity index (χ4n) is 3.26. The Balaban J connectivity index is 1.35. The van der Waals surface area contributed by atoms with E-state index in [1.165, 1.54) is 46.0 Å². The van der Waals surface area contributed by atoms with Gasteiger partial charge in [-0.3, -0.25) is 15.0 Å². The number of hydrogen-bond acceptors (Lipinski definition) is 5. The third kappa shape index (κ3) is 4.99. The lowest BCUT2D eigenvalue weighted by atomic mass is 10.1. The van der Waals surface area contributed by atoms with Gasteiger partial charge < -0.3 is 4.74 Å². The number of hydrogen-bond donors (Lipinski definition) is 1. The van der Waals surface area contributed by atoms with E-state index >= 15 is 0 Å². The molecule has 0 spiro atoms. The third-order valence-electron chi connectivity index (χ3n) is 4.79. The lowest BCUT2D eigenvalue weighted by molar-refractivity contribution is -0.122. The quantitative estimate of drug-likeness (QED) is 0.659. The first-order valence-corrected chi connectivity index (χ1v) is 10.4. The Morgan fingerprint density at radius 1 is 1.24 bits per heavy atom. The summed E-state index contributed by atoms with van der Waals surface area (Å²) in [4.78, 5) is 20.6. The van der Waals surface area contributed by atoms with Crippen LogP contribution < -0.4 is 10.1 Å². The molecule has 1 aliphatic rings. The Kier molecular flexibility index (Phi) is 5.87. The summed E-state index contributed by atoms with van der Waals surface area (Å²) in [5.74, 6) is -0.172. The molecule has 0 saturated heterocycles. The van der Waals surface area contributed by atoms with Crippen molar-refractivity contribution in [3.8, 4) is 5.75 Å². The molecule has 0 aliphatic carbocycles. The summed E-state index contributed by atoms with van der Waals surface area (Å²) in [5, 5.41) is 3.44. The van der Waals surface area contributed by atoms with Crippen molar-refractivity contribution in [2.24, 2.45) is 0 Å². The molecule has 2 heterocycles. The minimum atomic E-state index is -0.712. The van der Waals surface area contributed by atoms with Crippen LogP contribution in [0.1, 0.15) is 23.1 Å². The highest BCUT2D eigenvalue weighted by molar-refractivity contribution is 7.15. The summed E-state index contributed by atoms with van der Waals surface area (Å²) < 4.78 is 18.6.